The van der Waals surface area contributed by atoms with Crippen LogP contribution in [0, 0.1) is 5.41 Å². The van der Waals surface area contributed by atoms with E-state index in [0.717, 1.165) is 28.1 Å². The van der Waals surface area contributed by atoms with E-state index in [0.29, 0.717) is 17.9 Å². The lowest BCUT2D eigenvalue weighted by Crippen LogP contribution is -2.18. The molecule has 3 aromatic rings. The van der Waals surface area contributed by atoms with Gasteiger partial charge in [0, 0.05) is 12.6 Å². The highest BCUT2D eigenvalue weighted by atomic mass is 16.5. The number of rotatable bonds is 8. The van der Waals surface area contributed by atoms with Crippen molar-refractivity contribution in [2.24, 2.45) is 5.73 Å². The molecule has 1 atom stereocenters. The summed E-state index contributed by atoms with van der Waals surface area (Å²) in [6, 6.07) is 24.0. The van der Waals surface area contributed by atoms with E-state index in [1.807, 2.05) is 78.9 Å². The first-order valence-electron chi connectivity index (χ1n) is 9.62. The van der Waals surface area contributed by atoms with Crippen LogP contribution in [-0.2, 0) is 11.4 Å². The molecule has 0 bridgehead atoms. The maximum atomic E-state index is 11.1. The van der Waals surface area contributed by atoms with Gasteiger partial charge in [-0.2, -0.15) is 0 Å². The SMILES string of the molecule is C=C(C(=N)c1ccccc1)C(N)c1ccc(OCc2ccc(NC(C)=O)cc2)cc1. The van der Waals surface area contributed by atoms with Crippen LogP contribution in [0.25, 0.3) is 0 Å². The van der Waals surface area contributed by atoms with Crippen LogP contribution in [0.2, 0.25) is 0 Å². The Morgan fingerprint density at radius 3 is 2.27 bits per heavy atom. The van der Waals surface area contributed by atoms with Gasteiger partial charge in [-0.3, -0.25) is 10.2 Å². The maximum absolute atomic E-state index is 11.1. The molecule has 0 fully saturated rings. The Labute approximate surface area is 176 Å². The number of amides is 1. The van der Waals surface area contributed by atoms with E-state index in [4.69, 9.17) is 15.9 Å². The van der Waals surface area contributed by atoms with Gasteiger partial charge >= 0.3 is 0 Å². The summed E-state index contributed by atoms with van der Waals surface area (Å²) in [5, 5.41) is 11.1. The van der Waals surface area contributed by atoms with Gasteiger partial charge < -0.3 is 15.8 Å². The molecule has 0 saturated carbocycles. The Bertz CT molecular complexity index is 1030. The van der Waals surface area contributed by atoms with Crippen LogP contribution >= 0.6 is 0 Å². The number of ether oxygens (including phenoxy) is 1. The molecule has 5 nitrogen and oxygen atoms in total. The lowest BCUT2D eigenvalue weighted by molar-refractivity contribution is -0.114. The fourth-order valence-electron chi connectivity index (χ4n) is 2.97. The third kappa shape index (κ3) is 5.43. The minimum Gasteiger partial charge on any atom is -0.489 e. The van der Waals surface area contributed by atoms with Crippen LogP contribution in [0.4, 0.5) is 5.69 Å². The molecule has 0 radical (unpaired) electrons. The van der Waals surface area contributed by atoms with E-state index in [9.17, 15) is 4.79 Å². The van der Waals surface area contributed by atoms with E-state index in [-0.39, 0.29) is 5.91 Å². The van der Waals surface area contributed by atoms with Gasteiger partial charge in [-0.15, -0.1) is 0 Å². The summed E-state index contributed by atoms with van der Waals surface area (Å²) in [4.78, 5) is 11.1. The number of hydrogen-bond acceptors (Lipinski definition) is 4. The molecule has 0 aliphatic rings. The van der Waals surface area contributed by atoms with E-state index in [1.165, 1.54) is 6.92 Å². The molecule has 1 amide bonds. The highest BCUT2D eigenvalue weighted by Crippen LogP contribution is 2.24. The van der Waals surface area contributed by atoms with Crippen molar-refractivity contribution in [2.45, 2.75) is 19.6 Å². The molecule has 0 spiro atoms. The molecule has 152 valence electrons. The van der Waals surface area contributed by atoms with Crippen molar-refractivity contribution in [1.29, 1.82) is 5.41 Å². The van der Waals surface area contributed by atoms with Crippen LogP contribution in [0.15, 0.2) is 91.0 Å². The van der Waals surface area contributed by atoms with E-state index < -0.39 is 6.04 Å². The molecule has 3 aromatic carbocycles. The summed E-state index contributed by atoms with van der Waals surface area (Å²) < 4.78 is 5.83. The van der Waals surface area contributed by atoms with Crippen LogP contribution in [-0.4, -0.2) is 11.6 Å². The zero-order valence-electron chi connectivity index (χ0n) is 16.9. The molecule has 0 saturated heterocycles. The van der Waals surface area contributed by atoms with E-state index in [2.05, 4.69) is 11.9 Å². The van der Waals surface area contributed by atoms with E-state index >= 15 is 0 Å². The third-order valence-corrected chi connectivity index (χ3v) is 4.68. The van der Waals surface area contributed by atoms with Crippen LogP contribution < -0.4 is 15.8 Å². The summed E-state index contributed by atoms with van der Waals surface area (Å²) in [5.74, 6) is 0.625. The summed E-state index contributed by atoms with van der Waals surface area (Å²) in [5.41, 5.74) is 10.6. The topological polar surface area (TPSA) is 88.2 Å². The molecule has 0 aromatic heterocycles. The minimum atomic E-state index is -0.465. The average molecular weight is 399 g/mol. The first-order chi connectivity index (χ1) is 14.4. The van der Waals surface area contributed by atoms with Crippen molar-refractivity contribution in [1.82, 2.24) is 0 Å². The summed E-state index contributed by atoms with van der Waals surface area (Å²) >= 11 is 0. The van der Waals surface area contributed by atoms with Gasteiger partial charge in [-0.1, -0.05) is 61.2 Å². The molecule has 0 aliphatic heterocycles. The van der Waals surface area contributed by atoms with Gasteiger partial charge in [0.2, 0.25) is 5.91 Å². The Morgan fingerprint density at radius 2 is 1.67 bits per heavy atom. The normalized spacial score (nSPS) is 11.4. The van der Waals surface area contributed by atoms with Crippen molar-refractivity contribution in [3.05, 3.63) is 108 Å². The monoisotopic (exact) mass is 399 g/mol. The predicted molar refractivity (Wildman–Crippen MR) is 121 cm³/mol. The Hall–Kier alpha value is -3.70. The number of hydrogen-bond donors (Lipinski definition) is 3. The number of anilines is 1. The fourth-order valence-corrected chi connectivity index (χ4v) is 2.97. The zero-order chi connectivity index (χ0) is 21.5. The van der Waals surface area contributed by atoms with Gasteiger partial charge in [0.05, 0.1) is 11.8 Å². The summed E-state index contributed by atoms with van der Waals surface area (Å²) in [6.45, 7) is 5.92. The van der Waals surface area contributed by atoms with Crippen LogP contribution in [0.3, 0.4) is 0 Å². The summed E-state index contributed by atoms with van der Waals surface area (Å²) in [7, 11) is 0. The second-order valence-electron chi connectivity index (χ2n) is 6.98. The van der Waals surface area contributed by atoms with Gasteiger partial charge in [-0.05, 0) is 46.5 Å². The molecule has 30 heavy (non-hydrogen) atoms. The van der Waals surface area contributed by atoms with Crippen molar-refractivity contribution in [3.63, 3.8) is 0 Å². The largest absolute Gasteiger partial charge is 0.489 e. The first-order valence-corrected chi connectivity index (χ1v) is 9.62. The molecular weight excluding hydrogens is 374 g/mol. The molecule has 0 aliphatic carbocycles. The Kier molecular flexibility index (Phi) is 6.78. The smallest absolute Gasteiger partial charge is 0.221 e. The molecular formula is C25H25N3O2. The van der Waals surface area contributed by atoms with Crippen LogP contribution in [0.1, 0.15) is 29.7 Å². The number of carbonyl (C=O) groups excluding carboxylic acids is 1. The Morgan fingerprint density at radius 1 is 1.03 bits per heavy atom. The molecule has 4 N–H and O–H groups in total. The molecule has 1 unspecified atom stereocenters. The highest BCUT2D eigenvalue weighted by Gasteiger charge is 2.15. The number of carbonyl (C=O) groups is 1. The standard InChI is InChI=1S/C25H25N3O2/c1-17(24(26)20-6-4-3-5-7-20)25(27)21-10-14-23(15-11-21)30-16-19-8-12-22(13-9-19)28-18(2)29/h3-15,25-26H,1,16,27H2,2H3,(H,28,29). The second-order valence-corrected chi connectivity index (χ2v) is 6.98. The predicted octanol–water partition coefficient (Wildman–Crippen LogP) is 4.85. The highest BCUT2D eigenvalue weighted by molar-refractivity contribution is 6.10. The quantitative estimate of drug-likeness (QED) is 0.473. The van der Waals surface area contributed by atoms with Gasteiger partial charge in [-0.25, -0.2) is 0 Å². The Balaban J connectivity index is 1.58. The lowest BCUT2D eigenvalue weighted by atomic mass is 9.93. The second kappa shape index (κ2) is 9.67. The van der Waals surface area contributed by atoms with Crippen molar-refractivity contribution in [3.8, 4) is 5.75 Å². The van der Waals surface area contributed by atoms with Gasteiger partial charge in [0.15, 0.2) is 0 Å². The molecule has 0 heterocycles. The third-order valence-electron chi connectivity index (χ3n) is 4.68. The van der Waals surface area contributed by atoms with E-state index in [1.54, 1.807) is 0 Å². The van der Waals surface area contributed by atoms with Gasteiger partial charge in [0.25, 0.3) is 0 Å². The number of benzene rings is 3. The average Bonchev–Trinajstić information content (AvgIpc) is 2.77. The van der Waals surface area contributed by atoms with Crippen LogP contribution in [0.5, 0.6) is 5.75 Å². The number of nitrogens with two attached hydrogens (primary N) is 1. The summed E-state index contributed by atoms with van der Waals surface area (Å²) in [6.07, 6.45) is 0. The zero-order valence-corrected chi connectivity index (χ0v) is 16.9. The fraction of sp³-hybridized carbons (Fsp3) is 0.120. The first kappa shape index (κ1) is 21.0. The molecule has 5 heteroatoms. The number of nitrogens with one attached hydrogen (secondary N) is 2. The van der Waals surface area contributed by atoms with Crippen molar-refractivity contribution >= 4 is 17.3 Å². The van der Waals surface area contributed by atoms with Crippen molar-refractivity contribution < 1.29 is 9.53 Å². The molecule has 3 rings (SSSR count). The minimum absolute atomic E-state index is 0.0983. The van der Waals surface area contributed by atoms with Crippen molar-refractivity contribution in [2.75, 3.05) is 5.32 Å². The maximum Gasteiger partial charge on any atom is 0.221 e. The van der Waals surface area contributed by atoms with Gasteiger partial charge in [0.1, 0.15) is 12.4 Å². The lowest BCUT2D eigenvalue weighted by Gasteiger charge is -2.17.